The van der Waals surface area contributed by atoms with Gasteiger partial charge in [0, 0.05) is 12.1 Å². The molecular formula is C17H27NO3S. The van der Waals surface area contributed by atoms with Gasteiger partial charge < -0.3 is 15.5 Å². The van der Waals surface area contributed by atoms with Gasteiger partial charge in [0.1, 0.15) is 11.8 Å². The van der Waals surface area contributed by atoms with Crippen molar-refractivity contribution >= 4 is 17.7 Å². The van der Waals surface area contributed by atoms with Gasteiger partial charge in [-0.1, -0.05) is 38.5 Å². The van der Waals surface area contributed by atoms with Crippen molar-refractivity contribution in [3.63, 3.8) is 0 Å². The number of nitrogens with one attached hydrogen (secondary N) is 1. The lowest BCUT2D eigenvalue weighted by atomic mass is 9.84. The Hall–Kier alpha value is -1.20. The highest BCUT2D eigenvalue weighted by atomic mass is 32.2. The third-order valence-corrected chi connectivity index (χ3v) is 4.23. The van der Waals surface area contributed by atoms with Gasteiger partial charge in [-0.15, -0.1) is 0 Å². The van der Waals surface area contributed by atoms with Crippen molar-refractivity contribution in [3.05, 3.63) is 28.8 Å². The number of carboxylic acid groups (broad SMARTS) is 1. The monoisotopic (exact) mass is 325 g/mol. The maximum atomic E-state index is 11.3. The van der Waals surface area contributed by atoms with Gasteiger partial charge in [0.05, 0.1) is 0 Å². The second-order valence-corrected chi connectivity index (χ2v) is 7.61. The Morgan fingerprint density at radius 2 is 2.00 bits per heavy atom. The Kier molecular flexibility index (Phi) is 6.75. The third-order valence-electron chi connectivity index (χ3n) is 3.59. The summed E-state index contributed by atoms with van der Waals surface area (Å²) in [6, 6.07) is 3.30. The number of carbonyl (C=O) groups is 1. The normalized spacial score (nSPS) is 13.1. The van der Waals surface area contributed by atoms with Crippen LogP contribution in [0.3, 0.4) is 0 Å². The highest BCUT2D eigenvalue weighted by Gasteiger charge is 2.22. The zero-order valence-corrected chi connectivity index (χ0v) is 14.9. The lowest BCUT2D eigenvalue weighted by Crippen LogP contribution is -2.36. The maximum Gasteiger partial charge on any atom is 0.320 e. The molecule has 0 heterocycles. The molecule has 3 N–H and O–H groups in total. The third kappa shape index (κ3) is 5.21. The summed E-state index contributed by atoms with van der Waals surface area (Å²) in [7, 11) is 0. The number of phenols is 1. The number of rotatable bonds is 7. The Morgan fingerprint density at radius 1 is 1.36 bits per heavy atom. The van der Waals surface area contributed by atoms with Crippen molar-refractivity contribution in [2.75, 3.05) is 12.0 Å². The Labute approximate surface area is 137 Å². The van der Waals surface area contributed by atoms with Crippen molar-refractivity contribution in [3.8, 4) is 5.75 Å². The van der Waals surface area contributed by atoms with Gasteiger partial charge in [-0.3, -0.25) is 4.79 Å². The molecule has 1 rings (SSSR count). The molecule has 0 bridgehead atoms. The highest BCUT2D eigenvalue weighted by Crippen LogP contribution is 2.34. The van der Waals surface area contributed by atoms with Crippen LogP contribution in [0.1, 0.15) is 43.9 Å². The summed E-state index contributed by atoms with van der Waals surface area (Å²) < 4.78 is 0. The first-order chi connectivity index (χ1) is 10.2. The van der Waals surface area contributed by atoms with Crippen LogP contribution in [0.15, 0.2) is 12.1 Å². The Balaban J connectivity index is 2.93. The largest absolute Gasteiger partial charge is 0.507 e. The van der Waals surface area contributed by atoms with E-state index < -0.39 is 12.0 Å². The number of benzene rings is 1. The number of aromatic hydroxyl groups is 1. The molecule has 1 aromatic rings. The standard InChI is InChI=1S/C17H27NO3S/c1-11-8-12(15(19)13(9-11)17(2,3)4)10-18-14(16(20)21)6-7-22-5/h8-9,14,18-19H,6-7,10H2,1-5H3,(H,20,21)/t14-/m0/s1. The second-order valence-electron chi connectivity index (χ2n) is 6.62. The van der Waals surface area contributed by atoms with E-state index in [1.165, 1.54) is 0 Å². The molecule has 0 saturated carbocycles. The van der Waals surface area contributed by atoms with Crippen LogP contribution in [0.4, 0.5) is 0 Å². The van der Waals surface area contributed by atoms with E-state index in [0.717, 1.165) is 22.4 Å². The summed E-state index contributed by atoms with van der Waals surface area (Å²) in [6.45, 7) is 8.49. The Bertz CT molecular complexity index is 523. The van der Waals surface area contributed by atoms with E-state index in [2.05, 4.69) is 26.1 Å². The summed E-state index contributed by atoms with van der Waals surface area (Å²) in [4.78, 5) is 11.3. The fourth-order valence-electron chi connectivity index (χ4n) is 2.34. The lowest BCUT2D eigenvalue weighted by Gasteiger charge is -2.23. The zero-order valence-electron chi connectivity index (χ0n) is 14.1. The molecule has 0 aliphatic rings. The van der Waals surface area contributed by atoms with Crippen LogP contribution in [0.5, 0.6) is 5.75 Å². The quantitative estimate of drug-likeness (QED) is 0.717. The molecule has 22 heavy (non-hydrogen) atoms. The van der Waals surface area contributed by atoms with Crippen molar-refractivity contribution in [2.24, 2.45) is 0 Å². The zero-order chi connectivity index (χ0) is 16.9. The molecule has 0 fully saturated rings. The van der Waals surface area contributed by atoms with Crippen LogP contribution in [-0.4, -0.2) is 34.2 Å². The highest BCUT2D eigenvalue weighted by molar-refractivity contribution is 7.98. The topological polar surface area (TPSA) is 69.6 Å². The van der Waals surface area contributed by atoms with Crippen molar-refractivity contribution < 1.29 is 15.0 Å². The van der Waals surface area contributed by atoms with Crippen LogP contribution in [-0.2, 0) is 16.8 Å². The SMILES string of the molecule is CSCC[C@H](NCc1cc(C)cc(C(C)(C)C)c1O)C(=O)O. The van der Waals surface area contributed by atoms with E-state index in [0.29, 0.717) is 13.0 Å². The molecule has 5 heteroatoms. The smallest absolute Gasteiger partial charge is 0.320 e. The summed E-state index contributed by atoms with van der Waals surface area (Å²) in [5, 5.41) is 22.8. The fourth-order valence-corrected chi connectivity index (χ4v) is 2.81. The van der Waals surface area contributed by atoms with Crippen LogP contribution < -0.4 is 5.32 Å². The average Bonchev–Trinajstić information content (AvgIpc) is 2.40. The van der Waals surface area contributed by atoms with E-state index in [4.69, 9.17) is 0 Å². The fraction of sp³-hybridized carbons (Fsp3) is 0.588. The van der Waals surface area contributed by atoms with Crippen molar-refractivity contribution in [1.29, 1.82) is 0 Å². The van der Waals surface area contributed by atoms with Crippen molar-refractivity contribution in [2.45, 2.75) is 52.1 Å². The number of phenolic OH excluding ortho intramolecular Hbond substituents is 1. The van der Waals surface area contributed by atoms with Crippen LogP contribution in [0.25, 0.3) is 0 Å². The van der Waals surface area contributed by atoms with Crippen LogP contribution in [0.2, 0.25) is 0 Å². The van der Waals surface area contributed by atoms with Gasteiger partial charge >= 0.3 is 5.97 Å². The van der Waals surface area contributed by atoms with Gasteiger partial charge in [-0.05, 0) is 36.3 Å². The molecule has 0 radical (unpaired) electrons. The molecule has 0 unspecified atom stereocenters. The minimum absolute atomic E-state index is 0.157. The Morgan fingerprint density at radius 3 is 2.50 bits per heavy atom. The molecule has 0 aliphatic heterocycles. The lowest BCUT2D eigenvalue weighted by molar-refractivity contribution is -0.139. The second kappa shape index (κ2) is 7.88. The van der Waals surface area contributed by atoms with Gasteiger partial charge in [0.15, 0.2) is 0 Å². The van der Waals surface area contributed by atoms with Gasteiger partial charge in [0.25, 0.3) is 0 Å². The summed E-state index contributed by atoms with van der Waals surface area (Å²) in [5.74, 6) is 0.202. The van der Waals surface area contributed by atoms with E-state index in [9.17, 15) is 15.0 Å². The molecule has 0 spiro atoms. The molecular weight excluding hydrogens is 298 g/mol. The molecule has 0 saturated heterocycles. The predicted molar refractivity (Wildman–Crippen MR) is 92.8 cm³/mol. The first-order valence-electron chi connectivity index (χ1n) is 7.45. The van der Waals surface area contributed by atoms with Gasteiger partial charge in [-0.2, -0.15) is 11.8 Å². The number of hydrogen-bond donors (Lipinski definition) is 3. The molecule has 1 aromatic carbocycles. The minimum Gasteiger partial charge on any atom is -0.507 e. The maximum absolute atomic E-state index is 11.3. The molecule has 0 aromatic heterocycles. The average molecular weight is 325 g/mol. The van der Waals surface area contributed by atoms with Gasteiger partial charge in [0.2, 0.25) is 0 Å². The van der Waals surface area contributed by atoms with E-state index in [-0.39, 0.29) is 11.2 Å². The number of aryl methyl sites for hydroxylation is 1. The molecule has 0 amide bonds. The van der Waals surface area contributed by atoms with E-state index in [1.807, 2.05) is 25.3 Å². The van der Waals surface area contributed by atoms with Crippen molar-refractivity contribution in [1.82, 2.24) is 5.32 Å². The molecule has 1 atom stereocenters. The van der Waals surface area contributed by atoms with E-state index in [1.54, 1.807) is 11.8 Å². The first-order valence-corrected chi connectivity index (χ1v) is 8.84. The van der Waals surface area contributed by atoms with Gasteiger partial charge in [-0.25, -0.2) is 0 Å². The summed E-state index contributed by atoms with van der Waals surface area (Å²) in [6.07, 6.45) is 2.52. The number of carboxylic acids is 1. The number of aliphatic carboxylic acids is 1. The predicted octanol–water partition coefficient (Wildman–Crippen LogP) is 3.29. The number of thioether (sulfide) groups is 1. The van der Waals surface area contributed by atoms with E-state index >= 15 is 0 Å². The first kappa shape index (κ1) is 18.8. The van der Waals surface area contributed by atoms with Crippen LogP contribution in [0, 0.1) is 6.92 Å². The minimum atomic E-state index is -0.850. The molecule has 4 nitrogen and oxygen atoms in total. The summed E-state index contributed by atoms with van der Waals surface area (Å²) >= 11 is 1.63. The van der Waals surface area contributed by atoms with Crippen LogP contribution >= 0.6 is 11.8 Å². The molecule has 124 valence electrons. The summed E-state index contributed by atoms with van der Waals surface area (Å²) in [5.41, 5.74) is 2.55. The molecule has 0 aliphatic carbocycles. The number of hydrogen-bond acceptors (Lipinski definition) is 4.